The number of nitrogens with one attached hydrogen (secondary N) is 1. The molecule has 0 spiro atoms. The van der Waals surface area contributed by atoms with E-state index in [4.69, 9.17) is 4.74 Å². The predicted molar refractivity (Wildman–Crippen MR) is 114 cm³/mol. The van der Waals surface area contributed by atoms with Crippen molar-refractivity contribution in [1.29, 1.82) is 0 Å². The molecule has 0 unspecified atom stereocenters. The SMILES string of the molecule is COc1ccccc1CN1CCN(C(=O)Nc2ccc(C(C)(C)C)cc2)CC1. The molecule has 1 fully saturated rings. The van der Waals surface area contributed by atoms with Gasteiger partial charge >= 0.3 is 6.03 Å². The molecule has 28 heavy (non-hydrogen) atoms. The Hall–Kier alpha value is -2.53. The van der Waals surface area contributed by atoms with Crippen LogP contribution in [0.25, 0.3) is 0 Å². The van der Waals surface area contributed by atoms with Crippen LogP contribution in [0.4, 0.5) is 10.5 Å². The second kappa shape index (κ2) is 8.65. The molecule has 0 aliphatic carbocycles. The third kappa shape index (κ3) is 5.04. The van der Waals surface area contributed by atoms with Gasteiger partial charge in [-0.2, -0.15) is 0 Å². The molecule has 0 saturated carbocycles. The predicted octanol–water partition coefficient (Wildman–Crippen LogP) is 4.34. The van der Waals surface area contributed by atoms with Gasteiger partial charge in [-0.05, 0) is 29.2 Å². The lowest BCUT2D eigenvalue weighted by Gasteiger charge is -2.35. The highest BCUT2D eigenvalue weighted by Crippen LogP contribution is 2.24. The summed E-state index contributed by atoms with van der Waals surface area (Å²) < 4.78 is 5.44. The van der Waals surface area contributed by atoms with Gasteiger partial charge in [-0.3, -0.25) is 4.90 Å². The maximum absolute atomic E-state index is 12.6. The fourth-order valence-electron chi connectivity index (χ4n) is 3.44. The zero-order chi connectivity index (χ0) is 20.1. The van der Waals surface area contributed by atoms with Crippen molar-refractivity contribution in [2.75, 3.05) is 38.6 Å². The van der Waals surface area contributed by atoms with E-state index < -0.39 is 0 Å². The van der Waals surface area contributed by atoms with Gasteiger partial charge in [0.1, 0.15) is 5.75 Å². The lowest BCUT2D eigenvalue weighted by molar-refractivity contribution is 0.142. The number of amides is 2. The van der Waals surface area contributed by atoms with Crippen LogP contribution in [0.3, 0.4) is 0 Å². The molecule has 1 aliphatic rings. The summed E-state index contributed by atoms with van der Waals surface area (Å²) in [6.45, 7) is 10.6. The number of rotatable bonds is 4. The van der Waals surface area contributed by atoms with Gasteiger partial charge in [0.25, 0.3) is 0 Å². The number of methoxy groups -OCH3 is 1. The van der Waals surface area contributed by atoms with E-state index in [2.05, 4.69) is 49.2 Å². The average Bonchev–Trinajstić information content (AvgIpc) is 2.68. The first kappa shape index (κ1) is 20.2. The Bertz CT molecular complexity index is 788. The van der Waals surface area contributed by atoms with Crippen molar-refractivity contribution in [3.05, 3.63) is 59.7 Å². The zero-order valence-electron chi connectivity index (χ0n) is 17.4. The maximum atomic E-state index is 12.6. The summed E-state index contributed by atoms with van der Waals surface area (Å²) >= 11 is 0. The van der Waals surface area contributed by atoms with E-state index in [1.807, 2.05) is 35.2 Å². The number of carbonyl (C=O) groups is 1. The highest BCUT2D eigenvalue weighted by atomic mass is 16.5. The summed E-state index contributed by atoms with van der Waals surface area (Å²) in [6.07, 6.45) is 0. The van der Waals surface area contributed by atoms with Crippen molar-refractivity contribution in [2.24, 2.45) is 0 Å². The van der Waals surface area contributed by atoms with E-state index in [1.165, 1.54) is 11.1 Å². The minimum absolute atomic E-state index is 0.0274. The Morgan fingerprint density at radius 1 is 1.00 bits per heavy atom. The van der Waals surface area contributed by atoms with Crippen molar-refractivity contribution in [3.8, 4) is 5.75 Å². The van der Waals surface area contributed by atoms with Gasteiger partial charge in [0, 0.05) is 44.0 Å². The van der Waals surface area contributed by atoms with E-state index in [9.17, 15) is 4.79 Å². The lowest BCUT2D eigenvalue weighted by Crippen LogP contribution is -2.49. The summed E-state index contributed by atoms with van der Waals surface area (Å²) in [5.74, 6) is 0.918. The van der Waals surface area contributed by atoms with Gasteiger partial charge in [0.15, 0.2) is 0 Å². The van der Waals surface area contributed by atoms with Crippen LogP contribution in [0.5, 0.6) is 5.75 Å². The number of carbonyl (C=O) groups excluding carboxylic acids is 1. The Balaban J connectivity index is 1.51. The van der Waals surface area contributed by atoms with Gasteiger partial charge in [0.05, 0.1) is 7.11 Å². The number of piperazine rings is 1. The van der Waals surface area contributed by atoms with Gasteiger partial charge in [0.2, 0.25) is 0 Å². The number of benzene rings is 2. The van der Waals surface area contributed by atoms with Crippen molar-refractivity contribution in [2.45, 2.75) is 32.7 Å². The average molecular weight is 382 g/mol. The Morgan fingerprint density at radius 2 is 1.64 bits per heavy atom. The molecule has 5 nitrogen and oxygen atoms in total. The minimum atomic E-state index is -0.0274. The fraction of sp³-hybridized carbons (Fsp3) is 0.435. The molecule has 2 aromatic carbocycles. The summed E-state index contributed by atoms with van der Waals surface area (Å²) in [6, 6.07) is 16.2. The number of ether oxygens (including phenoxy) is 1. The van der Waals surface area contributed by atoms with Crippen LogP contribution < -0.4 is 10.1 Å². The molecular weight excluding hydrogens is 350 g/mol. The minimum Gasteiger partial charge on any atom is -0.496 e. The summed E-state index contributed by atoms with van der Waals surface area (Å²) in [4.78, 5) is 16.8. The van der Waals surface area contributed by atoms with E-state index in [1.54, 1.807) is 7.11 Å². The molecule has 1 heterocycles. The van der Waals surface area contributed by atoms with Crippen LogP contribution in [0.1, 0.15) is 31.9 Å². The normalized spacial score (nSPS) is 15.4. The summed E-state index contributed by atoms with van der Waals surface area (Å²) in [5, 5.41) is 3.02. The molecule has 150 valence electrons. The second-order valence-electron chi connectivity index (χ2n) is 8.33. The van der Waals surface area contributed by atoms with E-state index in [0.29, 0.717) is 0 Å². The van der Waals surface area contributed by atoms with Gasteiger partial charge < -0.3 is 15.0 Å². The standard InChI is InChI=1S/C23H31N3O2/c1-23(2,3)19-9-11-20(12-10-19)24-22(27)26-15-13-25(14-16-26)17-18-7-5-6-8-21(18)28-4/h5-12H,13-17H2,1-4H3,(H,24,27). The van der Waals surface area contributed by atoms with E-state index >= 15 is 0 Å². The largest absolute Gasteiger partial charge is 0.496 e. The number of hydrogen-bond donors (Lipinski definition) is 1. The number of urea groups is 1. The molecule has 3 rings (SSSR count). The monoisotopic (exact) mass is 381 g/mol. The van der Waals surface area contributed by atoms with Crippen LogP contribution in [0, 0.1) is 0 Å². The molecule has 1 N–H and O–H groups in total. The highest BCUT2D eigenvalue weighted by molar-refractivity contribution is 5.89. The van der Waals surface area contributed by atoms with Crippen molar-refractivity contribution in [3.63, 3.8) is 0 Å². The first-order chi connectivity index (χ1) is 13.4. The highest BCUT2D eigenvalue weighted by Gasteiger charge is 2.22. The molecule has 2 amide bonds. The van der Waals surface area contributed by atoms with Crippen molar-refractivity contribution in [1.82, 2.24) is 9.80 Å². The Labute approximate surface area is 168 Å². The third-order valence-corrected chi connectivity index (χ3v) is 5.25. The molecule has 0 bridgehead atoms. The van der Waals surface area contributed by atoms with Gasteiger partial charge in [-0.1, -0.05) is 51.1 Å². The Kier molecular flexibility index (Phi) is 6.25. The third-order valence-electron chi connectivity index (χ3n) is 5.25. The molecule has 1 saturated heterocycles. The quantitative estimate of drug-likeness (QED) is 0.857. The van der Waals surface area contributed by atoms with Gasteiger partial charge in [-0.25, -0.2) is 4.79 Å². The van der Waals surface area contributed by atoms with Crippen molar-refractivity contribution >= 4 is 11.7 Å². The summed E-state index contributed by atoms with van der Waals surface area (Å²) in [5.41, 5.74) is 3.40. The number of para-hydroxylation sites is 1. The first-order valence-electron chi connectivity index (χ1n) is 9.87. The molecular formula is C23H31N3O2. The van der Waals surface area contributed by atoms with E-state index in [-0.39, 0.29) is 11.4 Å². The van der Waals surface area contributed by atoms with Crippen LogP contribution in [-0.4, -0.2) is 49.1 Å². The van der Waals surface area contributed by atoms with Crippen LogP contribution >= 0.6 is 0 Å². The topological polar surface area (TPSA) is 44.8 Å². The smallest absolute Gasteiger partial charge is 0.321 e. The molecule has 1 aliphatic heterocycles. The summed E-state index contributed by atoms with van der Waals surface area (Å²) in [7, 11) is 1.70. The molecule has 0 aromatic heterocycles. The van der Waals surface area contributed by atoms with Crippen LogP contribution in [0.15, 0.2) is 48.5 Å². The fourth-order valence-corrected chi connectivity index (χ4v) is 3.44. The zero-order valence-corrected chi connectivity index (χ0v) is 17.4. The van der Waals surface area contributed by atoms with E-state index in [0.717, 1.165) is 44.2 Å². The number of hydrogen-bond acceptors (Lipinski definition) is 3. The maximum Gasteiger partial charge on any atom is 0.321 e. The number of nitrogens with zero attached hydrogens (tertiary/aromatic N) is 2. The molecule has 5 heteroatoms. The van der Waals surface area contributed by atoms with Gasteiger partial charge in [-0.15, -0.1) is 0 Å². The molecule has 2 aromatic rings. The van der Waals surface area contributed by atoms with Crippen LogP contribution in [-0.2, 0) is 12.0 Å². The molecule has 0 atom stereocenters. The second-order valence-corrected chi connectivity index (χ2v) is 8.33. The first-order valence-corrected chi connectivity index (χ1v) is 9.87. The van der Waals surface area contributed by atoms with Crippen LogP contribution in [0.2, 0.25) is 0 Å². The molecule has 0 radical (unpaired) electrons. The number of anilines is 1. The van der Waals surface area contributed by atoms with Crippen molar-refractivity contribution < 1.29 is 9.53 Å². The lowest BCUT2D eigenvalue weighted by atomic mass is 9.87. The Morgan fingerprint density at radius 3 is 2.25 bits per heavy atom.